The number of fused-ring (bicyclic) bond motifs is 3. The van der Waals surface area contributed by atoms with Crippen LogP contribution in [-0.2, 0) is 13.5 Å². The van der Waals surface area contributed by atoms with Crippen LogP contribution in [-0.4, -0.2) is 4.98 Å². The van der Waals surface area contributed by atoms with Crippen LogP contribution in [0, 0.1) is 20.8 Å². The van der Waals surface area contributed by atoms with E-state index >= 15 is 0 Å². The van der Waals surface area contributed by atoms with Gasteiger partial charge in [0.05, 0.1) is 18.2 Å². The topological polar surface area (TPSA) is 16.8 Å². The van der Waals surface area contributed by atoms with Crippen molar-refractivity contribution in [3.8, 4) is 22.5 Å². The maximum absolute atomic E-state index is 4.81. The SMILES string of the molecule is Cc1ccc(C)c(-c2ncc3c([n+]2C)Cc2ccc(C)cc2-3)c1. The molecule has 0 spiro atoms. The third-order valence-electron chi connectivity index (χ3n) is 4.90. The van der Waals surface area contributed by atoms with Crippen LogP contribution in [0.15, 0.2) is 42.6 Å². The predicted octanol–water partition coefficient (Wildman–Crippen LogP) is 4.07. The van der Waals surface area contributed by atoms with Gasteiger partial charge in [0.2, 0.25) is 0 Å². The second-order valence-electron chi connectivity index (χ2n) is 6.66. The lowest BCUT2D eigenvalue weighted by atomic mass is 10.0. The summed E-state index contributed by atoms with van der Waals surface area (Å²) in [6.07, 6.45) is 3.04. The summed E-state index contributed by atoms with van der Waals surface area (Å²) in [6.45, 7) is 6.44. The van der Waals surface area contributed by atoms with Crippen molar-refractivity contribution in [3.05, 3.63) is 70.5 Å². The first-order chi connectivity index (χ1) is 11.0. The van der Waals surface area contributed by atoms with Crippen LogP contribution in [0.3, 0.4) is 0 Å². The van der Waals surface area contributed by atoms with Crippen molar-refractivity contribution in [2.75, 3.05) is 0 Å². The molecule has 2 nitrogen and oxygen atoms in total. The molecule has 0 amide bonds. The molecule has 0 N–H and O–H groups in total. The van der Waals surface area contributed by atoms with Gasteiger partial charge in [-0.25, -0.2) is 4.57 Å². The Hall–Kier alpha value is -2.48. The van der Waals surface area contributed by atoms with E-state index in [1.807, 2.05) is 0 Å². The van der Waals surface area contributed by atoms with Crippen molar-refractivity contribution in [1.29, 1.82) is 0 Å². The van der Waals surface area contributed by atoms with Gasteiger partial charge in [0.1, 0.15) is 5.69 Å². The average molecular weight is 301 g/mol. The Morgan fingerprint density at radius 3 is 2.35 bits per heavy atom. The summed E-state index contributed by atoms with van der Waals surface area (Å²) in [5.41, 5.74) is 10.4. The number of aromatic nitrogens is 2. The molecule has 2 heteroatoms. The third-order valence-corrected chi connectivity index (χ3v) is 4.90. The number of hydrogen-bond donors (Lipinski definition) is 0. The van der Waals surface area contributed by atoms with Crippen LogP contribution in [0.25, 0.3) is 22.5 Å². The van der Waals surface area contributed by atoms with Crippen LogP contribution < -0.4 is 4.57 Å². The van der Waals surface area contributed by atoms with Gasteiger partial charge in [0.25, 0.3) is 0 Å². The molecule has 114 valence electrons. The van der Waals surface area contributed by atoms with Gasteiger partial charge in [-0.3, -0.25) is 0 Å². The molecule has 1 aliphatic carbocycles. The number of hydrogen-bond acceptors (Lipinski definition) is 1. The van der Waals surface area contributed by atoms with Crippen molar-refractivity contribution < 1.29 is 4.57 Å². The molecule has 0 bridgehead atoms. The Morgan fingerprint density at radius 1 is 0.870 bits per heavy atom. The number of aryl methyl sites for hydroxylation is 3. The van der Waals surface area contributed by atoms with E-state index in [9.17, 15) is 0 Å². The van der Waals surface area contributed by atoms with Crippen molar-refractivity contribution in [2.24, 2.45) is 7.05 Å². The van der Waals surface area contributed by atoms with Gasteiger partial charge in [-0.05, 0) is 48.5 Å². The van der Waals surface area contributed by atoms with Gasteiger partial charge >= 0.3 is 5.82 Å². The van der Waals surface area contributed by atoms with Gasteiger partial charge in [-0.15, -0.1) is 0 Å². The van der Waals surface area contributed by atoms with Crippen LogP contribution in [0.4, 0.5) is 0 Å². The maximum Gasteiger partial charge on any atom is 0.330 e. The Bertz CT molecular complexity index is 939. The molecule has 0 unspecified atom stereocenters. The zero-order valence-corrected chi connectivity index (χ0v) is 14.1. The molecule has 0 saturated carbocycles. The molecule has 0 aliphatic heterocycles. The number of nitrogens with zero attached hydrogens (tertiary/aromatic N) is 2. The second-order valence-corrected chi connectivity index (χ2v) is 6.66. The summed E-state index contributed by atoms with van der Waals surface area (Å²) in [5.74, 6) is 1.05. The molecular formula is C21H21N2+. The van der Waals surface area contributed by atoms with E-state index in [0.717, 1.165) is 12.2 Å². The van der Waals surface area contributed by atoms with Crippen molar-refractivity contribution in [3.63, 3.8) is 0 Å². The van der Waals surface area contributed by atoms with Crippen LogP contribution in [0.5, 0.6) is 0 Å². The van der Waals surface area contributed by atoms with Gasteiger partial charge in [-0.2, -0.15) is 0 Å². The molecule has 1 aromatic heterocycles. The van der Waals surface area contributed by atoms with E-state index in [4.69, 9.17) is 4.98 Å². The average Bonchev–Trinajstić information content (AvgIpc) is 2.89. The molecule has 2 aromatic carbocycles. The molecule has 3 aromatic rings. The lowest BCUT2D eigenvalue weighted by Gasteiger charge is -2.07. The summed E-state index contributed by atoms with van der Waals surface area (Å²) in [4.78, 5) is 4.81. The lowest BCUT2D eigenvalue weighted by Crippen LogP contribution is -2.37. The standard InChI is InChI=1S/C21H21N2/c1-13-5-7-15(3)17(9-13)21-22-12-19-18-10-14(2)6-8-16(18)11-20(19)23(21)4/h5-10,12H,11H2,1-4H3/q+1. The van der Waals surface area contributed by atoms with Crippen molar-refractivity contribution in [2.45, 2.75) is 27.2 Å². The first-order valence-electron chi connectivity index (χ1n) is 8.10. The summed E-state index contributed by atoms with van der Waals surface area (Å²) < 4.78 is 2.27. The van der Waals surface area contributed by atoms with Crippen LogP contribution in [0.2, 0.25) is 0 Å². The zero-order valence-electron chi connectivity index (χ0n) is 14.1. The molecular weight excluding hydrogens is 280 g/mol. The van der Waals surface area contributed by atoms with E-state index in [1.165, 1.54) is 44.6 Å². The Balaban J connectivity index is 1.91. The fourth-order valence-corrected chi connectivity index (χ4v) is 3.54. The van der Waals surface area contributed by atoms with Gasteiger partial charge in [0, 0.05) is 6.42 Å². The summed E-state index contributed by atoms with van der Waals surface area (Å²) in [7, 11) is 2.14. The molecule has 1 aliphatic rings. The first-order valence-corrected chi connectivity index (χ1v) is 8.10. The maximum atomic E-state index is 4.81. The van der Waals surface area contributed by atoms with E-state index in [0.29, 0.717) is 0 Å². The molecule has 0 fully saturated rings. The number of rotatable bonds is 1. The van der Waals surface area contributed by atoms with E-state index < -0.39 is 0 Å². The Kier molecular flexibility index (Phi) is 3.08. The number of benzene rings is 2. The van der Waals surface area contributed by atoms with E-state index in [1.54, 1.807) is 0 Å². The minimum Gasteiger partial charge on any atom is -0.229 e. The zero-order chi connectivity index (χ0) is 16.1. The van der Waals surface area contributed by atoms with Gasteiger partial charge in [-0.1, -0.05) is 41.5 Å². The van der Waals surface area contributed by atoms with Crippen molar-refractivity contribution in [1.82, 2.24) is 4.98 Å². The van der Waals surface area contributed by atoms with Crippen molar-refractivity contribution >= 4 is 0 Å². The van der Waals surface area contributed by atoms with Crippen LogP contribution >= 0.6 is 0 Å². The van der Waals surface area contributed by atoms with E-state index in [2.05, 4.69) is 75.0 Å². The molecule has 0 atom stereocenters. The highest BCUT2D eigenvalue weighted by atomic mass is 15.0. The molecule has 0 radical (unpaired) electrons. The fraction of sp³-hybridized carbons (Fsp3) is 0.238. The van der Waals surface area contributed by atoms with Gasteiger partial charge < -0.3 is 0 Å². The summed E-state index contributed by atoms with van der Waals surface area (Å²) in [5, 5.41) is 0. The minimum absolute atomic E-state index is 0.988. The Labute approximate surface area is 137 Å². The molecule has 1 heterocycles. The Morgan fingerprint density at radius 2 is 1.57 bits per heavy atom. The molecule has 4 rings (SSSR count). The second kappa shape index (κ2) is 5.02. The highest BCUT2D eigenvalue weighted by Crippen LogP contribution is 2.35. The summed E-state index contributed by atoms with van der Waals surface area (Å²) >= 11 is 0. The summed E-state index contributed by atoms with van der Waals surface area (Å²) in [6, 6.07) is 13.3. The third kappa shape index (κ3) is 2.17. The quantitative estimate of drug-likeness (QED) is 0.484. The first kappa shape index (κ1) is 14.1. The molecule has 0 saturated heterocycles. The monoisotopic (exact) mass is 301 g/mol. The highest BCUT2D eigenvalue weighted by molar-refractivity contribution is 5.75. The minimum atomic E-state index is 0.988. The molecule has 23 heavy (non-hydrogen) atoms. The highest BCUT2D eigenvalue weighted by Gasteiger charge is 2.28. The predicted molar refractivity (Wildman–Crippen MR) is 93.3 cm³/mol. The van der Waals surface area contributed by atoms with E-state index in [-0.39, 0.29) is 0 Å². The smallest absolute Gasteiger partial charge is 0.229 e. The normalized spacial score (nSPS) is 12.2. The van der Waals surface area contributed by atoms with Gasteiger partial charge in [0.15, 0.2) is 6.20 Å². The largest absolute Gasteiger partial charge is 0.330 e. The fourth-order valence-electron chi connectivity index (χ4n) is 3.54. The lowest BCUT2D eigenvalue weighted by molar-refractivity contribution is -0.669. The van der Waals surface area contributed by atoms with Crippen LogP contribution in [0.1, 0.15) is 27.9 Å².